The normalized spacial score (nSPS) is 9.80. The molecule has 0 aliphatic rings. The summed E-state index contributed by atoms with van der Waals surface area (Å²) >= 11 is 0. The first kappa shape index (κ1) is 12.7. The van der Waals surface area contributed by atoms with Crippen molar-refractivity contribution in [3.05, 3.63) is 32.2 Å². The monoisotopic (exact) mass is 132 g/mol. The van der Waals surface area contributed by atoms with Gasteiger partial charge in [-0.1, -0.05) is 17.8 Å². The van der Waals surface area contributed by atoms with Crippen LogP contribution in [0.2, 0.25) is 0 Å². The molecular weight excluding hydrogens is 119 g/mol. The zero-order valence-electron chi connectivity index (χ0n) is 6.64. The van der Waals surface area contributed by atoms with Crippen LogP contribution < -0.4 is 18.9 Å². The topological polar surface area (TPSA) is 20.2 Å². The molecule has 0 unspecified atom stereocenters. The van der Waals surface area contributed by atoms with Crippen molar-refractivity contribution in [1.82, 2.24) is 0 Å². The maximum Gasteiger partial charge on any atom is 1.00 e. The molecule has 0 atom stereocenters. The third-order valence-corrected chi connectivity index (χ3v) is 1.05. The van der Waals surface area contributed by atoms with E-state index in [1.807, 2.05) is 0 Å². The molecule has 0 bridgehead atoms. The minimum Gasteiger partial charge on any atom is -0.421 e. The van der Waals surface area contributed by atoms with E-state index in [0.29, 0.717) is 12.8 Å². The molecule has 2 heteroatoms. The number of aliphatic hydroxyl groups is 1. The third-order valence-electron chi connectivity index (χ3n) is 1.05. The van der Waals surface area contributed by atoms with Crippen LogP contribution in [0.15, 0.2) is 25.3 Å². The molecule has 0 aliphatic heterocycles. The molecule has 0 heterocycles. The molecule has 0 aromatic rings. The summed E-state index contributed by atoms with van der Waals surface area (Å²) in [5, 5.41) is 9.26. The van der Waals surface area contributed by atoms with Gasteiger partial charge in [-0.2, -0.15) is 0 Å². The molecule has 1 nitrogen and oxygen atoms in total. The van der Waals surface area contributed by atoms with E-state index in [2.05, 4.69) is 20.1 Å². The molecule has 0 radical (unpaired) electrons. The molecule has 0 fully saturated rings. The molecular formula is C8H13LiO. The van der Waals surface area contributed by atoms with Gasteiger partial charge in [-0.25, -0.2) is 0 Å². The molecule has 0 spiro atoms. The minimum absolute atomic E-state index is 0. The van der Waals surface area contributed by atoms with Crippen molar-refractivity contribution in [3.63, 3.8) is 0 Å². The van der Waals surface area contributed by atoms with Crippen LogP contribution in [0.4, 0.5) is 0 Å². The van der Waals surface area contributed by atoms with Crippen LogP contribution in [0.25, 0.3) is 0 Å². The number of hydrogen-bond donors (Lipinski definition) is 1. The van der Waals surface area contributed by atoms with Crippen molar-refractivity contribution in [1.29, 1.82) is 0 Å². The molecule has 52 valence electrons. The van der Waals surface area contributed by atoms with Crippen LogP contribution in [0.5, 0.6) is 0 Å². The third kappa shape index (κ3) is 6.16. The van der Waals surface area contributed by atoms with E-state index in [9.17, 15) is 5.11 Å². The Bertz CT molecular complexity index is 95.8. The molecule has 0 aromatic carbocycles. The van der Waals surface area contributed by atoms with Gasteiger partial charge in [-0.15, -0.1) is 13.2 Å². The average molecular weight is 132 g/mol. The van der Waals surface area contributed by atoms with E-state index < -0.39 is 5.60 Å². The zero-order chi connectivity index (χ0) is 7.33. The first-order valence-electron chi connectivity index (χ1n) is 2.92. The maximum atomic E-state index is 9.26. The molecule has 0 rings (SSSR count). The second-order valence-electron chi connectivity index (χ2n) is 2.21. The smallest absolute Gasteiger partial charge is 0.421 e. The first-order valence-corrected chi connectivity index (χ1v) is 2.92. The fourth-order valence-corrected chi connectivity index (χ4v) is 0.621. The zero-order valence-corrected chi connectivity index (χ0v) is 6.64. The fraction of sp³-hybridized carbons (Fsp3) is 0.375. The van der Waals surface area contributed by atoms with Crippen molar-refractivity contribution in [3.8, 4) is 0 Å². The second kappa shape index (κ2) is 5.79. The van der Waals surface area contributed by atoms with Crippen molar-refractivity contribution in [2.45, 2.75) is 18.4 Å². The summed E-state index contributed by atoms with van der Waals surface area (Å²) in [5.74, 6) is 0. The van der Waals surface area contributed by atoms with Crippen LogP contribution in [0.3, 0.4) is 0 Å². The predicted molar refractivity (Wildman–Crippen MR) is 39.9 cm³/mol. The Hall–Kier alpha value is 0.0374. The number of rotatable bonds is 4. The Morgan fingerprint density at radius 2 is 1.60 bits per heavy atom. The van der Waals surface area contributed by atoms with E-state index in [0.717, 1.165) is 0 Å². The van der Waals surface area contributed by atoms with Crippen molar-refractivity contribution in [2.24, 2.45) is 0 Å². The molecule has 1 N–H and O–H groups in total. The van der Waals surface area contributed by atoms with Crippen molar-refractivity contribution in [2.75, 3.05) is 0 Å². The van der Waals surface area contributed by atoms with Gasteiger partial charge in [0.25, 0.3) is 0 Å². The summed E-state index contributed by atoms with van der Waals surface area (Å²) < 4.78 is 0. The summed E-state index contributed by atoms with van der Waals surface area (Å²) in [6.45, 7) is 10.6. The molecule has 0 aromatic heterocycles. The minimum atomic E-state index is -0.885. The van der Waals surface area contributed by atoms with Gasteiger partial charge in [0, 0.05) is 0 Å². The van der Waals surface area contributed by atoms with Gasteiger partial charge in [-0.05, 0) is 12.8 Å². The van der Waals surface area contributed by atoms with Crippen LogP contribution in [-0.2, 0) is 0 Å². The summed E-state index contributed by atoms with van der Waals surface area (Å²) in [7, 11) is 0. The van der Waals surface area contributed by atoms with Gasteiger partial charge in [0.15, 0.2) is 0 Å². The summed E-state index contributed by atoms with van der Waals surface area (Å²) in [6.07, 6.45) is 4.32. The maximum absolute atomic E-state index is 9.26. The van der Waals surface area contributed by atoms with Gasteiger partial charge < -0.3 is 12.0 Å². The van der Waals surface area contributed by atoms with E-state index in [-0.39, 0.29) is 18.9 Å². The van der Waals surface area contributed by atoms with Crippen LogP contribution >= 0.6 is 0 Å². The molecule has 10 heavy (non-hydrogen) atoms. The SMILES string of the molecule is C=CCC([CH2-])(O)CC=C.[Li+]. The van der Waals surface area contributed by atoms with E-state index >= 15 is 0 Å². The molecule has 0 amide bonds. The molecule has 0 saturated heterocycles. The largest absolute Gasteiger partial charge is 1.00 e. The predicted octanol–water partition coefficient (Wildman–Crippen LogP) is -1.29. The summed E-state index contributed by atoms with van der Waals surface area (Å²) in [4.78, 5) is 0. The average Bonchev–Trinajstić information content (AvgIpc) is 1.64. The van der Waals surface area contributed by atoms with Gasteiger partial charge in [-0.3, -0.25) is 0 Å². The fourth-order valence-electron chi connectivity index (χ4n) is 0.621. The Balaban J connectivity index is 0. The van der Waals surface area contributed by atoms with Gasteiger partial charge in [0.2, 0.25) is 0 Å². The quantitative estimate of drug-likeness (QED) is 0.286. The molecule has 0 aliphatic carbocycles. The van der Waals surface area contributed by atoms with Crippen LogP contribution in [0, 0.1) is 6.92 Å². The molecule has 0 saturated carbocycles. The van der Waals surface area contributed by atoms with Gasteiger partial charge in [0.05, 0.1) is 0 Å². The van der Waals surface area contributed by atoms with E-state index in [4.69, 9.17) is 0 Å². The first-order chi connectivity index (χ1) is 4.12. The van der Waals surface area contributed by atoms with E-state index in [1.165, 1.54) is 0 Å². The standard InChI is InChI=1S/C8H13O.Li/c1-4-6-8(3,9)7-5-2;/h4-5,9H,1-3,6-7H2;/q-1;+1. The Morgan fingerprint density at radius 1 is 1.30 bits per heavy atom. The van der Waals surface area contributed by atoms with Crippen LogP contribution in [-0.4, -0.2) is 10.7 Å². The van der Waals surface area contributed by atoms with Crippen molar-refractivity contribution >= 4 is 0 Å². The Labute approximate surface area is 75.0 Å². The number of hydrogen-bond acceptors (Lipinski definition) is 1. The van der Waals surface area contributed by atoms with Crippen LogP contribution in [0.1, 0.15) is 12.8 Å². The van der Waals surface area contributed by atoms with Gasteiger partial charge >= 0.3 is 18.9 Å². The Morgan fingerprint density at radius 3 is 1.80 bits per heavy atom. The Kier molecular flexibility index (Phi) is 7.35. The summed E-state index contributed by atoms with van der Waals surface area (Å²) in [6, 6.07) is 0. The van der Waals surface area contributed by atoms with E-state index in [1.54, 1.807) is 12.2 Å². The van der Waals surface area contributed by atoms with Gasteiger partial charge in [0.1, 0.15) is 0 Å². The second-order valence-corrected chi connectivity index (χ2v) is 2.21. The van der Waals surface area contributed by atoms with Crippen molar-refractivity contribution < 1.29 is 24.0 Å². The summed E-state index contributed by atoms with van der Waals surface area (Å²) in [5.41, 5.74) is -0.885.